The monoisotopic (exact) mass is 255 g/mol. The van der Waals surface area contributed by atoms with E-state index in [2.05, 4.69) is 40.4 Å². The Bertz CT molecular complexity index is 330. The Morgan fingerprint density at radius 1 is 1.54 bits per heavy atom. The minimum absolute atomic E-state index is 0.592. The number of nitrogens with zero attached hydrogens (tertiary/aromatic N) is 1. The molecule has 1 aromatic rings. The summed E-state index contributed by atoms with van der Waals surface area (Å²) in [6.45, 7) is 0. The van der Waals surface area contributed by atoms with E-state index in [0.29, 0.717) is 6.42 Å². The molecule has 68 valence electrons. The fourth-order valence-corrected chi connectivity index (χ4v) is 2.31. The molecule has 0 heterocycles. The van der Waals surface area contributed by atoms with E-state index in [0.717, 1.165) is 10.9 Å². The van der Waals surface area contributed by atoms with Crippen LogP contribution in [0.2, 0.25) is 0 Å². The molecule has 0 bridgehead atoms. The molecule has 0 amide bonds. The first-order chi connectivity index (χ1) is 6.27. The van der Waals surface area contributed by atoms with Gasteiger partial charge in [0, 0.05) is 15.8 Å². The second kappa shape index (κ2) is 5.31. The third-order valence-corrected chi connectivity index (χ3v) is 3.07. The molecule has 0 aliphatic carbocycles. The van der Waals surface area contributed by atoms with Gasteiger partial charge in [-0.1, -0.05) is 22.0 Å². The Morgan fingerprint density at radius 2 is 2.31 bits per heavy atom. The zero-order chi connectivity index (χ0) is 9.68. The second-order valence-corrected chi connectivity index (χ2v) is 4.38. The molecular weight excluding hydrogens is 246 g/mol. The third-order valence-electron chi connectivity index (χ3n) is 1.76. The van der Waals surface area contributed by atoms with Crippen LogP contribution in [0.3, 0.4) is 0 Å². The lowest BCUT2D eigenvalue weighted by Gasteiger charge is -2.05. The fraction of sp³-hybridized carbons (Fsp3) is 0.300. The molecule has 3 heteroatoms. The molecule has 0 saturated carbocycles. The molecule has 0 aliphatic rings. The Labute approximate surface area is 91.3 Å². The van der Waals surface area contributed by atoms with Gasteiger partial charge in [-0.15, -0.1) is 11.8 Å². The smallest absolute Gasteiger partial charge is 0.0625 e. The summed E-state index contributed by atoms with van der Waals surface area (Å²) in [4.78, 5) is 1.25. The van der Waals surface area contributed by atoms with Gasteiger partial charge in [-0.25, -0.2) is 0 Å². The molecule has 0 fully saturated rings. The standard InChI is InChI=1S/C10H10BrNS/c1-13-10-7-9(11)5-4-8(10)3-2-6-12/h4-5,7H,2-3H2,1H3. The molecule has 0 unspecified atom stereocenters. The molecule has 0 N–H and O–H groups in total. The Morgan fingerprint density at radius 3 is 2.92 bits per heavy atom. The van der Waals surface area contributed by atoms with Crippen LogP contribution in [-0.4, -0.2) is 6.26 Å². The van der Waals surface area contributed by atoms with E-state index >= 15 is 0 Å². The van der Waals surface area contributed by atoms with E-state index in [1.807, 2.05) is 6.07 Å². The van der Waals surface area contributed by atoms with Gasteiger partial charge in [0.1, 0.15) is 0 Å². The number of rotatable bonds is 3. The molecular formula is C10H10BrNS. The van der Waals surface area contributed by atoms with E-state index in [9.17, 15) is 0 Å². The van der Waals surface area contributed by atoms with Crippen LogP contribution in [0.1, 0.15) is 12.0 Å². The number of aryl methyl sites for hydroxylation is 1. The Kier molecular flexibility index (Phi) is 4.34. The molecule has 0 atom stereocenters. The fourth-order valence-electron chi connectivity index (χ4n) is 1.12. The lowest BCUT2D eigenvalue weighted by atomic mass is 10.1. The summed E-state index contributed by atoms with van der Waals surface area (Å²) in [5.41, 5.74) is 1.26. The molecule has 1 nitrogen and oxygen atoms in total. The first kappa shape index (κ1) is 10.6. The predicted molar refractivity (Wildman–Crippen MR) is 59.9 cm³/mol. The van der Waals surface area contributed by atoms with Gasteiger partial charge in [0.25, 0.3) is 0 Å². The zero-order valence-corrected chi connectivity index (χ0v) is 9.78. The van der Waals surface area contributed by atoms with Gasteiger partial charge >= 0.3 is 0 Å². The number of hydrogen-bond donors (Lipinski definition) is 0. The van der Waals surface area contributed by atoms with Gasteiger partial charge in [0.05, 0.1) is 6.07 Å². The van der Waals surface area contributed by atoms with E-state index in [1.54, 1.807) is 11.8 Å². The summed E-state index contributed by atoms with van der Waals surface area (Å²) >= 11 is 5.15. The van der Waals surface area contributed by atoms with Crippen LogP contribution in [0.4, 0.5) is 0 Å². The van der Waals surface area contributed by atoms with Gasteiger partial charge in [-0.05, 0) is 30.4 Å². The second-order valence-electron chi connectivity index (χ2n) is 2.61. The van der Waals surface area contributed by atoms with E-state index in [1.165, 1.54) is 10.5 Å². The average Bonchev–Trinajstić information content (AvgIpc) is 2.16. The quantitative estimate of drug-likeness (QED) is 0.771. The highest BCUT2D eigenvalue weighted by atomic mass is 79.9. The zero-order valence-electron chi connectivity index (χ0n) is 7.38. The van der Waals surface area contributed by atoms with Crippen molar-refractivity contribution < 1.29 is 0 Å². The first-order valence-electron chi connectivity index (χ1n) is 3.97. The maximum Gasteiger partial charge on any atom is 0.0625 e. The number of halogens is 1. The molecule has 0 saturated heterocycles. The summed E-state index contributed by atoms with van der Waals surface area (Å²) in [6.07, 6.45) is 3.49. The van der Waals surface area contributed by atoms with Crippen LogP contribution >= 0.6 is 27.7 Å². The Hall–Kier alpha value is -0.460. The van der Waals surface area contributed by atoms with E-state index < -0.39 is 0 Å². The average molecular weight is 256 g/mol. The largest absolute Gasteiger partial charge is 0.198 e. The number of nitriles is 1. The summed E-state index contributed by atoms with van der Waals surface area (Å²) < 4.78 is 1.09. The highest BCUT2D eigenvalue weighted by Gasteiger charge is 2.01. The first-order valence-corrected chi connectivity index (χ1v) is 5.99. The molecule has 1 rings (SSSR count). The van der Waals surface area contributed by atoms with Crippen molar-refractivity contribution in [3.63, 3.8) is 0 Å². The van der Waals surface area contributed by atoms with Gasteiger partial charge < -0.3 is 0 Å². The maximum absolute atomic E-state index is 8.48. The lowest BCUT2D eigenvalue weighted by molar-refractivity contribution is 0.978. The highest BCUT2D eigenvalue weighted by molar-refractivity contribution is 9.10. The lowest BCUT2D eigenvalue weighted by Crippen LogP contribution is -1.87. The predicted octanol–water partition coefficient (Wildman–Crippen LogP) is 3.63. The van der Waals surface area contributed by atoms with Gasteiger partial charge in [-0.3, -0.25) is 0 Å². The minimum Gasteiger partial charge on any atom is -0.198 e. The van der Waals surface area contributed by atoms with Gasteiger partial charge in [0.2, 0.25) is 0 Å². The molecule has 13 heavy (non-hydrogen) atoms. The molecule has 0 spiro atoms. The van der Waals surface area contributed by atoms with Gasteiger partial charge in [-0.2, -0.15) is 5.26 Å². The Balaban J connectivity index is 2.87. The maximum atomic E-state index is 8.48. The van der Waals surface area contributed by atoms with Crippen LogP contribution in [0.5, 0.6) is 0 Å². The summed E-state index contributed by atoms with van der Waals surface area (Å²) in [6, 6.07) is 8.35. The summed E-state index contributed by atoms with van der Waals surface area (Å²) in [5.74, 6) is 0. The SMILES string of the molecule is CSc1cc(Br)ccc1CCC#N. The van der Waals surface area contributed by atoms with E-state index in [-0.39, 0.29) is 0 Å². The van der Waals surface area contributed by atoms with Crippen molar-refractivity contribution in [3.8, 4) is 6.07 Å². The normalized spacial score (nSPS) is 9.62. The third kappa shape index (κ3) is 3.06. The van der Waals surface area contributed by atoms with Crippen LogP contribution in [0.15, 0.2) is 27.6 Å². The molecule has 0 aromatic heterocycles. The molecule has 0 radical (unpaired) electrons. The van der Waals surface area contributed by atoms with Crippen molar-refractivity contribution in [1.29, 1.82) is 5.26 Å². The van der Waals surface area contributed by atoms with Crippen molar-refractivity contribution in [3.05, 3.63) is 28.2 Å². The van der Waals surface area contributed by atoms with Crippen molar-refractivity contribution in [2.45, 2.75) is 17.7 Å². The van der Waals surface area contributed by atoms with Crippen LogP contribution < -0.4 is 0 Å². The van der Waals surface area contributed by atoms with Gasteiger partial charge in [0.15, 0.2) is 0 Å². The van der Waals surface area contributed by atoms with E-state index in [4.69, 9.17) is 5.26 Å². The number of benzene rings is 1. The summed E-state index contributed by atoms with van der Waals surface area (Å²) in [5, 5.41) is 8.48. The molecule has 0 aliphatic heterocycles. The number of thioether (sulfide) groups is 1. The molecule has 1 aromatic carbocycles. The van der Waals surface area contributed by atoms with Crippen LogP contribution in [-0.2, 0) is 6.42 Å². The van der Waals surface area contributed by atoms with Crippen molar-refractivity contribution >= 4 is 27.7 Å². The van der Waals surface area contributed by atoms with Crippen molar-refractivity contribution in [2.24, 2.45) is 0 Å². The van der Waals surface area contributed by atoms with Crippen molar-refractivity contribution in [2.75, 3.05) is 6.26 Å². The highest BCUT2D eigenvalue weighted by Crippen LogP contribution is 2.25. The van der Waals surface area contributed by atoms with Crippen LogP contribution in [0.25, 0.3) is 0 Å². The topological polar surface area (TPSA) is 23.8 Å². The number of hydrogen-bond acceptors (Lipinski definition) is 2. The summed E-state index contributed by atoms with van der Waals surface area (Å²) in [7, 11) is 0. The minimum atomic E-state index is 0.592. The van der Waals surface area contributed by atoms with Crippen molar-refractivity contribution in [1.82, 2.24) is 0 Å². The van der Waals surface area contributed by atoms with Crippen LogP contribution in [0, 0.1) is 11.3 Å².